The topological polar surface area (TPSA) is 9.23 Å². The van der Waals surface area contributed by atoms with E-state index in [1.54, 1.807) is 0 Å². The third kappa shape index (κ3) is 2.55. The van der Waals surface area contributed by atoms with Gasteiger partial charge in [0.1, 0.15) is 10.5 Å². The fraction of sp³-hybridized carbons (Fsp3) is 0.625. The minimum absolute atomic E-state index is 0.132. The van der Waals surface area contributed by atoms with E-state index in [1.807, 2.05) is 0 Å². The zero-order valence-corrected chi connectivity index (χ0v) is 14.9. The Labute approximate surface area is 115 Å². The van der Waals surface area contributed by atoms with Crippen molar-refractivity contribution in [3.63, 3.8) is 0 Å². The van der Waals surface area contributed by atoms with Crippen molar-refractivity contribution in [2.45, 2.75) is 53.1 Å². The highest BCUT2D eigenvalue weighted by atomic mass is 28.2. The summed E-state index contributed by atoms with van der Waals surface area (Å²) in [6.45, 7) is 13.6. The van der Waals surface area contributed by atoms with E-state index in [0.717, 1.165) is 10.5 Å². The minimum Gasteiger partial charge on any atom is -0.418 e. The van der Waals surface area contributed by atoms with Gasteiger partial charge in [-0.25, -0.2) is 0 Å². The Morgan fingerprint density at radius 2 is 1.44 bits per heavy atom. The second-order valence-corrected chi connectivity index (χ2v) is 6.46. The van der Waals surface area contributed by atoms with Gasteiger partial charge in [0, 0.05) is 0 Å². The molecule has 1 rings (SSSR count). The molecule has 0 heterocycles. The van der Waals surface area contributed by atoms with Gasteiger partial charge >= 0.3 is 0 Å². The van der Waals surface area contributed by atoms with Crippen molar-refractivity contribution in [1.29, 1.82) is 0 Å². The first kappa shape index (κ1) is 15.5. The zero-order valence-electron chi connectivity index (χ0n) is 12.9. The van der Waals surface area contributed by atoms with Crippen LogP contribution in [0.15, 0.2) is 24.3 Å². The lowest BCUT2D eigenvalue weighted by Crippen LogP contribution is -2.41. The Morgan fingerprint density at radius 1 is 0.944 bits per heavy atom. The van der Waals surface area contributed by atoms with Crippen LogP contribution in [0.3, 0.4) is 0 Å². The van der Waals surface area contributed by atoms with Gasteiger partial charge in [-0.2, -0.15) is 0 Å². The third-order valence-electron chi connectivity index (χ3n) is 4.06. The molecular formula is C16H28OSi. The molecule has 0 aliphatic rings. The Hall–Kier alpha value is -0.603. The van der Waals surface area contributed by atoms with Gasteiger partial charge in [-0.05, 0) is 28.9 Å². The average Bonchev–Trinajstić information content (AvgIpc) is 2.30. The summed E-state index contributed by atoms with van der Waals surface area (Å²) in [6.07, 6.45) is 0. The third-order valence-corrected chi connectivity index (χ3v) is 4.73. The summed E-state index contributed by atoms with van der Waals surface area (Å²) in [4.78, 5) is 0. The Kier molecular flexibility index (Phi) is 5.17. The van der Waals surface area contributed by atoms with Crippen LogP contribution in [0.5, 0.6) is 0 Å². The molecule has 0 spiro atoms. The summed E-state index contributed by atoms with van der Waals surface area (Å²) in [5.41, 5.74) is 2.68. The second kappa shape index (κ2) is 6.03. The molecule has 0 fully saturated rings. The Balaban J connectivity index is 3.47. The van der Waals surface area contributed by atoms with E-state index < -0.39 is 0 Å². The zero-order chi connectivity index (χ0) is 13.9. The molecule has 0 N–H and O–H groups in total. The predicted octanol–water partition coefficient (Wildman–Crippen LogP) is 3.61. The van der Waals surface area contributed by atoms with Crippen LogP contribution in [0.25, 0.3) is 0 Å². The summed E-state index contributed by atoms with van der Waals surface area (Å²) in [7, 11) is 0.770. The van der Waals surface area contributed by atoms with Crippen molar-refractivity contribution in [2.24, 2.45) is 11.8 Å². The molecule has 0 atom stereocenters. The maximum atomic E-state index is 6.18. The maximum Gasteiger partial charge on any atom is 0.147 e. The van der Waals surface area contributed by atoms with Crippen LogP contribution in [-0.2, 0) is 10.0 Å². The molecule has 0 amide bonds. The number of hydrogen-bond acceptors (Lipinski definition) is 1. The molecule has 1 aromatic rings. The van der Waals surface area contributed by atoms with Crippen molar-refractivity contribution in [3.8, 4) is 0 Å². The molecule has 0 unspecified atom stereocenters. The summed E-state index contributed by atoms with van der Waals surface area (Å²) >= 11 is 0. The van der Waals surface area contributed by atoms with E-state index in [0.29, 0.717) is 17.8 Å². The first-order valence-corrected chi connectivity index (χ1v) is 7.84. The van der Waals surface area contributed by atoms with E-state index in [4.69, 9.17) is 4.43 Å². The van der Waals surface area contributed by atoms with Crippen LogP contribution >= 0.6 is 0 Å². The molecule has 2 heteroatoms. The smallest absolute Gasteiger partial charge is 0.147 e. The quantitative estimate of drug-likeness (QED) is 0.738. The van der Waals surface area contributed by atoms with Gasteiger partial charge in [0.05, 0.1) is 5.60 Å². The van der Waals surface area contributed by atoms with Crippen molar-refractivity contribution >= 4 is 10.5 Å². The monoisotopic (exact) mass is 264 g/mol. The molecule has 1 nitrogen and oxygen atoms in total. The lowest BCUT2D eigenvalue weighted by atomic mass is 9.72. The summed E-state index contributed by atoms with van der Waals surface area (Å²) in [5, 5.41) is 0. The van der Waals surface area contributed by atoms with Gasteiger partial charge in [-0.15, -0.1) is 0 Å². The average molecular weight is 264 g/mol. The van der Waals surface area contributed by atoms with Crippen molar-refractivity contribution < 1.29 is 4.43 Å². The highest BCUT2D eigenvalue weighted by molar-refractivity contribution is 5.98. The number of benzene rings is 1. The highest BCUT2D eigenvalue weighted by Crippen LogP contribution is 2.42. The van der Waals surface area contributed by atoms with Crippen LogP contribution in [0.4, 0.5) is 0 Å². The van der Waals surface area contributed by atoms with E-state index in [9.17, 15) is 0 Å². The molecule has 0 bridgehead atoms. The summed E-state index contributed by atoms with van der Waals surface area (Å²) < 4.78 is 6.18. The molecule has 0 aliphatic heterocycles. The second-order valence-electron chi connectivity index (χ2n) is 6.05. The van der Waals surface area contributed by atoms with Gasteiger partial charge < -0.3 is 4.43 Å². The molecular weight excluding hydrogens is 236 g/mol. The van der Waals surface area contributed by atoms with Crippen molar-refractivity contribution in [1.82, 2.24) is 0 Å². The molecule has 18 heavy (non-hydrogen) atoms. The largest absolute Gasteiger partial charge is 0.418 e. The van der Waals surface area contributed by atoms with Crippen molar-refractivity contribution in [3.05, 3.63) is 35.4 Å². The van der Waals surface area contributed by atoms with Gasteiger partial charge in [-0.1, -0.05) is 65.8 Å². The maximum absolute atomic E-state index is 6.18. The molecule has 0 aromatic heterocycles. The van der Waals surface area contributed by atoms with E-state index >= 15 is 0 Å². The van der Waals surface area contributed by atoms with Gasteiger partial charge in [0.25, 0.3) is 0 Å². The van der Waals surface area contributed by atoms with E-state index in [1.165, 1.54) is 11.1 Å². The number of rotatable bonds is 5. The molecule has 0 aliphatic carbocycles. The lowest BCUT2D eigenvalue weighted by Gasteiger charge is -2.43. The Bertz CT molecular complexity index is 374. The molecule has 102 valence electrons. The van der Waals surface area contributed by atoms with Crippen LogP contribution in [0, 0.1) is 11.8 Å². The van der Waals surface area contributed by atoms with Crippen molar-refractivity contribution in [2.75, 3.05) is 0 Å². The molecule has 1 aromatic carbocycles. The summed E-state index contributed by atoms with van der Waals surface area (Å²) in [5.74, 6) is 1.50. The normalized spacial score (nSPS) is 12.9. The van der Waals surface area contributed by atoms with Crippen LogP contribution in [0.1, 0.15) is 58.6 Å². The molecule has 0 radical (unpaired) electrons. The van der Waals surface area contributed by atoms with Crippen LogP contribution in [-0.4, -0.2) is 10.5 Å². The predicted molar refractivity (Wildman–Crippen MR) is 82.9 cm³/mol. The lowest BCUT2D eigenvalue weighted by molar-refractivity contribution is -0.0210. The van der Waals surface area contributed by atoms with Crippen LogP contribution < -0.4 is 0 Å². The Morgan fingerprint density at radius 3 is 1.83 bits per heavy atom. The van der Waals surface area contributed by atoms with Gasteiger partial charge in [0.15, 0.2) is 0 Å². The number of hydrogen-bond donors (Lipinski definition) is 0. The minimum atomic E-state index is -0.132. The first-order chi connectivity index (χ1) is 8.37. The van der Waals surface area contributed by atoms with Gasteiger partial charge in [0.2, 0.25) is 0 Å². The fourth-order valence-corrected chi connectivity index (χ4v) is 4.39. The fourth-order valence-electron chi connectivity index (χ4n) is 3.23. The standard InChI is InChI=1S/C16H28OSi/c1-11(2)14-9-7-8-10-15(14)16(17-18,12(3)4)13(5)6/h7-13H,1-6,18H3. The van der Waals surface area contributed by atoms with E-state index in [-0.39, 0.29) is 5.60 Å². The first-order valence-electron chi connectivity index (χ1n) is 7.02. The SMILES string of the molecule is CC(C)c1ccccc1C(O[SiH3])(C(C)C)C(C)C. The summed E-state index contributed by atoms with van der Waals surface area (Å²) in [6, 6.07) is 8.78. The molecule has 0 saturated carbocycles. The highest BCUT2D eigenvalue weighted by Gasteiger charge is 2.40. The molecule has 0 saturated heterocycles. The van der Waals surface area contributed by atoms with Gasteiger partial charge in [-0.3, -0.25) is 0 Å². The van der Waals surface area contributed by atoms with Crippen LogP contribution in [0.2, 0.25) is 0 Å². The van der Waals surface area contributed by atoms with E-state index in [2.05, 4.69) is 65.8 Å².